The molecular weight excluding hydrogens is 362 g/mol. The molecule has 2 rings (SSSR count). The Kier molecular flexibility index (Phi) is 6.88. The number of rotatable bonds is 7. The first-order valence-electron chi connectivity index (χ1n) is 8.05. The largest absolute Gasteiger partial charge is 0.484 e. The number of benzene rings is 2. The summed E-state index contributed by atoms with van der Waals surface area (Å²) in [6.07, 6.45) is 1.38. The van der Waals surface area contributed by atoms with E-state index >= 15 is 0 Å². The van der Waals surface area contributed by atoms with Gasteiger partial charge in [0.1, 0.15) is 17.4 Å². The van der Waals surface area contributed by atoms with Crippen LogP contribution in [0.2, 0.25) is 0 Å². The van der Waals surface area contributed by atoms with Gasteiger partial charge in [0.05, 0.1) is 12.7 Å². The van der Waals surface area contributed by atoms with Crippen molar-refractivity contribution in [2.45, 2.75) is 0 Å². The summed E-state index contributed by atoms with van der Waals surface area (Å²) in [6, 6.07) is 14.4. The summed E-state index contributed by atoms with van der Waals surface area (Å²) in [7, 11) is 1.27. The summed E-state index contributed by atoms with van der Waals surface area (Å²) in [5.41, 5.74) is 6.18. The number of anilines is 1. The van der Waals surface area contributed by atoms with Gasteiger partial charge in [0.2, 0.25) is 0 Å². The molecule has 0 fully saturated rings. The van der Waals surface area contributed by atoms with Gasteiger partial charge in [-0.25, -0.2) is 4.79 Å². The number of primary amides is 1. The predicted octanol–water partition coefficient (Wildman–Crippen LogP) is 1.88. The molecule has 0 aromatic heterocycles. The van der Waals surface area contributed by atoms with Gasteiger partial charge in [-0.2, -0.15) is 5.26 Å². The molecule has 0 aliphatic carbocycles. The number of amides is 2. The van der Waals surface area contributed by atoms with Crippen molar-refractivity contribution in [2.75, 3.05) is 19.0 Å². The van der Waals surface area contributed by atoms with Crippen molar-refractivity contribution in [3.05, 3.63) is 65.2 Å². The van der Waals surface area contributed by atoms with Gasteiger partial charge in [-0.05, 0) is 48.0 Å². The fraction of sp³-hybridized carbons (Fsp3) is 0.100. The van der Waals surface area contributed by atoms with E-state index in [1.807, 2.05) is 6.07 Å². The Morgan fingerprint density at radius 2 is 1.89 bits per heavy atom. The van der Waals surface area contributed by atoms with Gasteiger partial charge in [-0.3, -0.25) is 9.59 Å². The van der Waals surface area contributed by atoms with Crippen molar-refractivity contribution in [3.8, 4) is 11.8 Å². The molecule has 0 bridgehead atoms. The van der Waals surface area contributed by atoms with E-state index in [1.165, 1.54) is 37.5 Å². The lowest BCUT2D eigenvalue weighted by Gasteiger charge is -2.06. The minimum Gasteiger partial charge on any atom is -0.484 e. The molecule has 2 amide bonds. The molecule has 0 unspecified atom stereocenters. The number of nitrogens with one attached hydrogen (secondary N) is 1. The van der Waals surface area contributed by atoms with Crippen molar-refractivity contribution >= 4 is 29.5 Å². The van der Waals surface area contributed by atoms with Crippen LogP contribution >= 0.6 is 0 Å². The summed E-state index contributed by atoms with van der Waals surface area (Å²) >= 11 is 0. The third-order valence-electron chi connectivity index (χ3n) is 3.48. The Hall–Kier alpha value is -4.12. The molecule has 2 aromatic rings. The molecule has 142 valence electrons. The average molecular weight is 379 g/mol. The minimum atomic E-state index is -0.615. The summed E-state index contributed by atoms with van der Waals surface area (Å²) in [5.74, 6) is -1.34. The second-order valence-electron chi connectivity index (χ2n) is 5.52. The molecule has 0 aliphatic heterocycles. The first-order valence-corrected chi connectivity index (χ1v) is 8.05. The van der Waals surface area contributed by atoms with Crippen LogP contribution in [0.15, 0.2) is 54.1 Å². The van der Waals surface area contributed by atoms with E-state index in [-0.39, 0.29) is 12.2 Å². The highest BCUT2D eigenvalue weighted by molar-refractivity contribution is 6.09. The van der Waals surface area contributed by atoms with E-state index in [1.54, 1.807) is 24.3 Å². The molecule has 0 spiro atoms. The van der Waals surface area contributed by atoms with Crippen LogP contribution < -0.4 is 15.8 Å². The zero-order chi connectivity index (χ0) is 20.5. The fourth-order valence-corrected chi connectivity index (χ4v) is 2.17. The molecule has 8 nitrogen and oxygen atoms in total. The smallest absolute Gasteiger partial charge is 0.337 e. The Bertz CT molecular complexity index is 959. The molecule has 8 heteroatoms. The van der Waals surface area contributed by atoms with Crippen molar-refractivity contribution < 1.29 is 23.9 Å². The van der Waals surface area contributed by atoms with Gasteiger partial charge >= 0.3 is 5.97 Å². The Balaban J connectivity index is 2.12. The number of hydrogen-bond acceptors (Lipinski definition) is 6. The van der Waals surface area contributed by atoms with Gasteiger partial charge in [0, 0.05) is 5.69 Å². The third-order valence-corrected chi connectivity index (χ3v) is 3.48. The van der Waals surface area contributed by atoms with Crippen LogP contribution in [-0.4, -0.2) is 31.5 Å². The average Bonchev–Trinajstić information content (AvgIpc) is 2.70. The highest BCUT2D eigenvalue weighted by Gasteiger charge is 2.11. The first kappa shape index (κ1) is 20.2. The van der Waals surface area contributed by atoms with E-state index in [0.717, 1.165) is 0 Å². The van der Waals surface area contributed by atoms with E-state index in [0.29, 0.717) is 22.6 Å². The molecule has 0 saturated heterocycles. The lowest BCUT2D eigenvalue weighted by Crippen LogP contribution is -2.20. The quantitative estimate of drug-likeness (QED) is 0.429. The lowest BCUT2D eigenvalue weighted by atomic mass is 10.1. The monoisotopic (exact) mass is 379 g/mol. The molecule has 3 N–H and O–H groups in total. The number of nitriles is 1. The maximum absolute atomic E-state index is 12.3. The lowest BCUT2D eigenvalue weighted by molar-refractivity contribution is -0.120. The van der Waals surface area contributed by atoms with E-state index in [4.69, 9.17) is 10.5 Å². The zero-order valence-electron chi connectivity index (χ0n) is 15.0. The molecule has 0 aliphatic rings. The molecule has 0 saturated carbocycles. The van der Waals surface area contributed by atoms with E-state index in [2.05, 4.69) is 10.1 Å². The van der Waals surface area contributed by atoms with Gasteiger partial charge < -0.3 is 20.5 Å². The minimum absolute atomic E-state index is 0.135. The van der Waals surface area contributed by atoms with E-state index < -0.39 is 17.8 Å². The molecule has 28 heavy (non-hydrogen) atoms. The van der Waals surface area contributed by atoms with Crippen LogP contribution in [0.25, 0.3) is 6.08 Å². The van der Waals surface area contributed by atoms with Crippen molar-refractivity contribution in [1.29, 1.82) is 5.26 Å². The Morgan fingerprint density at radius 3 is 2.50 bits per heavy atom. The summed E-state index contributed by atoms with van der Waals surface area (Å²) < 4.78 is 9.80. The fourth-order valence-electron chi connectivity index (χ4n) is 2.17. The number of methoxy groups -OCH3 is 1. The highest BCUT2D eigenvalue weighted by Crippen LogP contribution is 2.17. The number of nitrogens with two attached hydrogens (primary N) is 1. The molecule has 0 atom stereocenters. The molecule has 0 heterocycles. The summed E-state index contributed by atoms with van der Waals surface area (Å²) in [5, 5.41) is 11.9. The SMILES string of the molecule is COC(=O)c1ccc(NC(=O)/C(C#N)=C\c2cccc(OCC(N)=O)c2)cc1. The molecule has 2 aromatic carbocycles. The Morgan fingerprint density at radius 1 is 1.18 bits per heavy atom. The number of nitrogens with zero attached hydrogens (tertiary/aromatic N) is 1. The third kappa shape index (κ3) is 5.71. The van der Waals surface area contributed by atoms with Gasteiger partial charge in [-0.15, -0.1) is 0 Å². The predicted molar refractivity (Wildman–Crippen MR) is 101 cm³/mol. The van der Waals surface area contributed by atoms with Crippen molar-refractivity contribution in [1.82, 2.24) is 0 Å². The topological polar surface area (TPSA) is 132 Å². The highest BCUT2D eigenvalue weighted by atomic mass is 16.5. The summed E-state index contributed by atoms with van der Waals surface area (Å²) in [6.45, 7) is -0.277. The number of ether oxygens (including phenoxy) is 2. The number of hydrogen-bond donors (Lipinski definition) is 2. The van der Waals surface area contributed by atoms with Crippen LogP contribution in [0.3, 0.4) is 0 Å². The van der Waals surface area contributed by atoms with Crippen molar-refractivity contribution in [3.63, 3.8) is 0 Å². The zero-order valence-corrected chi connectivity index (χ0v) is 15.0. The standard InChI is InChI=1S/C20H17N3O5/c1-27-20(26)14-5-7-16(8-6-14)23-19(25)15(11-21)9-13-3-2-4-17(10-13)28-12-18(22)24/h2-10H,12H2,1H3,(H2,22,24)(H,23,25)/b15-9-. The van der Waals surface area contributed by atoms with Gasteiger partial charge in [0.15, 0.2) is 6.61 Å². The van der Waals surface area contributed by atoms with Gasteiger partial charge in [-0.1, -0.05) is 12.1 Å². The maximum Gasteiger partial charge on any atom is 0.337 e. The first-order chi connectivity index (χ1) is 13.4. The number of carbonyl (C=O) groups is 3. The number of esters is 1. The second-order valence-corrected chi connectivity index (χ2v) is 5.52. The van der Waals surface area contributed by atoms with Crippen LogP contribution in [0.4, 0.5) is 5.69 Å². The van der Waals surface area contributed by atoms with Crippen LogP contribution in [-0.2, 0) is 14.3 Å². The second kappa shape index (κ2) is 9.54. The molecule has 0 radical (unpaired) electrons. The van der Waals surface area contributed by atoms with E-state index in [9.17, 15) is 19.6 Å². The maximum atomic E-state index is 12.3. The molecular formula is C20H17N3O5. The van der Waals surface area contributed by atoms with Crippen LogP contribution in [0, 0.1) is 11.3 Å². The van der Waals surface area contributed by atoms with Gasteiger partial charge in [0.25, 0.3) is 11.8 Å². The van der Waals surface area contributed by atoms with Crippen LogP contribution in [0.5, 0.6) is 5.75 Å². The van der Waals surface area contributed by atoms with Crippen molar-refractivity contribution in [2.24, 2.45) is 5.73 Å². The Labute approximate surface area is 161 Å². The normalized spacial score (nSPS) is 10.5. The van der Waals surface area contributed by atoms with Crippen LogP contribution in [0.1, 0.15) is 15.9 Å². The summed E-state index contributed by atoms with van der Waals surface area (Å²) in [4.78, 5) is 34.5. The number of carbonyl (C=O) groups excluding carboxylic acids is 3.